The third-order valence-electron chi connectivity index (χ3n) is 3.39. The van der Waals surface area contributed by atoms with Gasteiger partial charge in [0.05, 0.1) is 6.61 Å². The fourth-order valence-electron chi connectivity index (χ4n) is 1.90. The molecular weight excluding hydrogens is 312 g/mol. The summed E-state index contributed by atoms with van der Waals surface area (Å²) in [7, 11) is 0. The Morgan fingerprint density at radius 3 is 2.09 bits per heavy atom. The number of carbonyl (C=O) groups is 1. The zero-order valence-electron chi connectivity index (χ0n) is 13.2. The average molecular weight is 340 g/mol. The van der Waals surface area contributed by atoms with Gasteiger partial charge in [0.2, 0.25) is 0 Å². The van der Waals surface area contributed by atoms with Crippen LogP contribution in [0.25, 0.3) is 0 Å². The highest BCUT2D eigenvalue weighted by atomic mass is 16.8. The molecule has 138 valence electrons. The summed E-state index contributed by atoms with van der Waals surface area (Å²) in [5.41, 5.74) is 0. The summed E-state index contributed by atoms with van der Waals surface area (Å²) in [6.07, 6.45) is -4.52. The van der Waals surface area contributed by atoms with Gasteiger partial charge in [0.25, 0.3) is 0 Å². The Balaban J connectivity index is 4.40. The smallest absolute Gasteiger partial charge is 0.354 e. The lowest BCUT2D eigenvalue weighted by Crippen LogP contribution is -2.57. The van der Waals surface area contributed by atoms with E-state index >= 15 is 0 Å². The molecular formula is C14H28O9. The van der Waals surface area contributed by atoms with E-state index in [2.05, 4.69) is 4.74 Å². The normalized spacial score (nSPS) is 17.4. The van der Waals surface area contributed by atoms with Gasteiger partial charge in [-0.2, -0.15) is 0 Å². The van der Waals surface area contributed by atoms with Crippen molar-refractivity contribution in [3.05, 3.63) is 0 Å². The van der Waals surface area contributed by atoms with E-state index in [1.807, 2.05) is 6.92 Å². The van der Waals surface area contributed by atoms with E-state index < -0.39 is 43.0 Å². The van der Waals surface area contributed by atoms with Gasteiger partial charge < -0.3 is 40.5 Å². The Morgan fingerprint density at radius 2 is 1.57 bits per heavy atom. The minimum absolute atomic E-state index is 0.1000. The Labute approximate surface area is 134 Å². The Hall–Kier alpha value is -0.810. The molecule has 0 unspecified atom stereocenters. The summed E-state index contributed by atoms with van der Waals surface area (Å²) >= 11 is 0. The molecule has 0 aromatic heterocycles. The van der Waals surface area contributed by atoms with Crippen molar-refractivity contribution < 1.29 is 45.3 Å². The number of aliphatic hydroxyl groups is 7. The van der Waals surface area contributed by atoms with Crippen LogP contribution in [0.4, 0.5) is 0 Å². The Kier molecular flexibility index (Phi) is 10.5. The SMILES string of the molecule is CCCCCCCC(=O)OC(O)(O)[C@H](O)[C@H](O)[C@H](O)[C@@H](O)CO. The summed E-state index contributed by atoms with van der Waals surface area (Å²) in [6.45, 7) is 1.11. The fourth-order valence-corrected chi connectivity index (χ4v) is 1.90. The maximum Gasteiger partial charge on any atom is 0.354 e. The molecule has 0 aliphatic rings. The Bertz CT molecular complexity index is 334. The summed E-state index contributed by atoms with van der Waals surface area (Å²) in [4.78, 5) is 11.5. The standard InChI is InChI=1S/C14H28O9/c1-2-3-4-5-6-7-10(17)23-14(21,22)13(20)12(19)11(18)9(16)8-15/h9,11-13,15-16,18-22H,2-8H2,1H3/t9-,11+,12+,13+/m0/s1. The predicted molar refractivity (Wildman–Crippen MR) is 77.7 cm³/mol. The molecule has 0 amide bonds. The van der Waals surface area contributed by atoms with Crippen LogP contribution < -0.4 is 0 Å². The minimum atomic E-state index is -3.43. The van der Waals surface area contributed by atoms with Gasteiger partial charge in [0, 0.05) is 6.42 Å². The van der Waals surface area contributed by atoms with Crippen LogP contribution in [-0.4, -0.2) is 78.7 Å². The molecule has 0 fully saturated rings. The molecule has 0 spiro atoms. The summed E-state index contributed by atoms with van der Waals surface area (Å²) in [5.74, 6) is -4.43. The van der Waals surface area contributed by atoms with Crippen LogP contribution in [0.2, 0.25) is 0 Å². The van der Waals surface area contributed by atoms with Gasteiger partial charge in [-0.1, -0.05) is 32.6 Å². The van der Waals surface area contributed by atoms with Gasteiger partial charge in [0.15, 0.2) is 6.10 Å². The number of rotatable bonds is 12. The van der Waals surface area contributed by atoms with Crippen LogP contribution in [0.15, 0.2) is 0 Å². The van der Waals surface area contributed by atoms with E-state index in [1.54, 1.807) is 0 Å². The quantitative estimate of drug-likeness (QED) is 0.120. The predicted octanol–water partition coefficient (Wildman–Crippen LogP) is -2.04. The molecule has 0 saturated carbocycles. The van der Waals surface area contributed by atoms with E-state index in [4.69, 9.17) is 10.2 Å². The number of carbonyl (C=O) groups excluding carboxylic acids is 1. The molecule has 0 heterocycles. The Morgan fingerprint density at radius 1 is 1.00 bits per heavy atom. The van der Waals surface area contributed by atoms with Crippen LogP contribution in [0.3, 0.4) is 0 Å². The molecule has 0 saturated heterocycles. The third-order valence-corrected chi connectivity index (χ3v) is 3.39. The minimum Gasteiger partial charge on any atom is -0.406 e. The third kappa shape index (κ3) is 8.02. The molecule has 0 aliphatic carbocycles. The van der Waals surface area contributed by atoms with E-state index in [0.29, 0.717) is 6.42 Å². The number of ether oxygens (including phenoxy) is 1. The number of unbranched alkanes of at least 4 members (excludes halogenated alkanes) is 4. The van der Waals surface area contributed by atoms with E-state index in [-0.39, 0.29) is 6.42 Å². The van der Waals surface area contributed by atoms with Gasteiger partial charge in [0.1, 0.15) is 18.3 Å². The lowest BCUT2D eigenvalue weighted by Gasteiger charge is -2.32. The average Bonchev–Trinajstić information content (AvgIpc) is 2.51. The van der Waals surface area contributed by atoms with Crippen LogP contribution in [-0.2, 0) is 9.53 Å². The van der Waals surface area contributed by atoms with E-state index in [1.165, 1.54) is 0 Å². The van der Waals surface area contributed by atoms with Crippen molar-refractivity contribution in [3.8, 4) is 0 Å². The molecule has 9 nitrogen and oxygen atoms in total. The second-order valence-corrected chi connectivity index (χ2v) is 5.47. The second-order valence-electron chi connectivity index (χ2n) is 5.47. The van der Waals surface area contributed by atoms with Crippen LogP contribution in [0.1, 0.15) is 45.4 Å². The van der Waals surface area contributed by atoms with Gasteiger partial charge in [-0.15, -0.1) is 0 Å². The maximum absolute atomic E-state index is 11.5. The molecule has 9 heteroatoms. The first-order valence-electron chi connectivity index (χ1n) is 7.67. The van der Waals surface area contributed by atoms with E-state index in [9.17, 15) is 30.3 Å². The lowest BCUT2D eigenvalue weighted by molar-refractivity contribution is -0.373. The maximum atomic E-state index is 11.5. The van der Waals surface area contributed by atoms with Crippen molar-refractivity contribution in [2.75, 3.05) is 6.61 Å². The number of hydrogen-bond donors (Lipinski definition) is 7. The molecule has 0 bridgehead atoms. The summed E-state index contributed by atoms with van der Waals surface area (Å²) < 4.78 is 4.30. The number of hydrogen-bond acceptors (Lipinski definition) is 9. The molecule has 4 atom stereocenters. The lowest BCUT2D eigenvalue weighted by atomic mass is 10.0. The van der Waals surface area contributed by atoms with Crippen LogP contribution in [0, 0.1) is 0 Å². The molecule has 0 aliphatic heterocycles. The highest BCUT2D eigenvalue weighted by molar-refractivity contribution is 5.69. The van der Waals surface area contributed by atoms with Crippen LogP contribution in [0.5, 0.6) is 0 Å². The molecule has 0 rings (SSSR count). The highest BCUT2D eigenvalue weighted by Gasteiger charge is 2.46. The monoisotopic (exact) mass is 340 g/mol. The number of aliphatic hydroxyl groups excluding tert-OH is 5. The summed E-state index contributed by atoms with van der Waals surface area (Å²) in [6, 6.07) is 0. The number of esters is 1. The zero-order chi connectivity index (χ0) is 18.0. The molecule has 7 N–H and O–H groups in total. The first-order chi connectivity index (χ1) is 10.7. The first-order valence-corrected chi connectivity index (χ1v) is 7.67. The van der Waals surface area contributed by atoms with Crippen molar-refractivity contribution in [1.29, 1.82) is 0 Å². The second kappa shape index (κ2) is 10.9. The zero-order valence-corrected chi connectivity index (χ0v) is 13.2. The van der Waals surface area contributed by atoms with Crippen molar-refractivity contribution >= 4 is 5.97 Å². The molecule has 0 aromatic rings. The largest absolute Gasteiger partial charge is 0.406 e. The van der Waals surface area contributed by atoms with Gasteiger partial charge in [-0.05, 0) is 6.42 Å². The van der Waals surface area contributed by atoms with Crippen molar-refractivity contribution in [2.45, 2.75) is 75.8 Å². The van der Waals surface area contributed by atoms with Crippen LogP contribution >= 0.6 is 0 Å². The molecule has 0 aromatic carbocycles. The van der Waals surface area contributed by atoms with Gasteiger partial charge in [-0.3, -0.25) is 4.79 Å². The molecule has 23 heavy (non-hydrogen) atoms. The van der Waals surface area contributed by atoms with E-state index in [0.717, 1.165) is 25.7 Å². The fraction of sp³-hybridized carbons (Fsp3) is 0.929. The van der Waals surface area contributed by atoms with Crippen molar-refractivity contribution in [1.82, 2.24) is 0 Å². The highest BCUT2D eigenvalue weighted by Crippen LogP contribution is 2.18. The van der Waals surface area contributed by atoms with Gasteiger partial charge in [-0.25, -0.2) is 0 Å². The van der Waals surface area contributed by atoms with Crippen molar-refractivity contribution in [3.63, 3.8) is 0 Å². The van der Waals surface area contributed by atoms with Crippen molar-refractivity contribution in [2.24, 2.45) is 0 Å². The molecule has 0 radical (unpaired) electrons. The van der Waals surface area contributed by atoms with Gasteiger partial charge >= 0.3 is 11.9 Å². The topological polar surface area (TPSA) is 168 Å². The summed E-state index contributed by atoms with van der Waals surface area (Å²) in [5, 5.41) is 65.3. The first kappa shape index (κ1) is 22.2.